The number of anilines is 1. The van der Waals surface area contributed by atoms with Crippen molar-refractivity contribution >= 4 is 15.7 Å². The second-order valence-corrected chi connectivity index (χ2v) is 5.36. The van der Waals surface area contributed by atoms with E-state index >= 15 is 0 Å². The lowest BCUT2D eigenvalue weighted by atomic mass is 10.2. The predicted octanol–water partition coefficient (Wildman–Crippen LogP) is 0.178. The molecular weight excluding hydrogens is 266 g/mol. The number of nitriles is 3. The first kappa shape index (κ1) is 14.5. The van der Waals surface area contributed by atoms with Crippen molar-refractivity contribution in [1.29, 1.82) is 15.8 Å². The highest BCUT2D eigenvalue weighted by molar-refractivity contribution is 7.89. The Balaban J connectivity index is 3.39. The molecule has 0 radical (unpaired) electrons. The van der Waals surface area contributed by atoms with Crippen LogP contribution in [0.5, 0.6) is 0 Å². The maximum Gasteiger partial charge on any atom is 0.246 e. The fourth-order valence-electron chi connectivity index (χ4n) is 1.38. The van der Waals surface area contributed by atoms with Crippen LogP contribution in [0.2, 0.25) is 0 Å². The van der Waals surface area contributed by atoms with Gasteiger partial charge in [-0.2, -0.15) is 20.1 Å². The van der Waals surface area contributed by atoms with E-state index in [4.69, 9.17) is 21.5 Å². The van der Waals surface area contributed by atoms with E-state index in [2.05, 4.69) is 0 Å². The number of nitrogens with zero attached hydrogens (tertiary/aromatic N) is 4. The van der Waals surface area contributed by atoms with Crippen LogP contribution >= 0.6 is 0 Å². The van der Waals surface area contributed by atoms with Gasteiger partial charge in [-0.15, -0.1) is 0 Å². The summed E-state index contributed by atoms with van der Waals surface area (Å²) in [4.78, 5) is -0.269. The molecule has 8 heteroatoms. The van der Waals surface area contributed by atoms with E-state index in [9.17, 15) is 8.42 Å². The van der Waals surface area contributed by atoms with Crippen LogP contribution in [0.4, 0.5) is 5.69 Å². The second-order valence-electron chi connectivity index (χ2n) is 3.46. The fourth-order valence-corrected chi connectivity index (χ4v) is 2.74. The Morgan fingerprint density at radius 2 is 1.74 bits per heavy atom. The van der Waals surface area contributed by atoms with Gasteiger partial charge in [-0.05, 0) is 18.2 Å². The Bertz CT molecular complexity index is 690. The van der Waals surface area contributed by atoms with E-state index < -0.39 is 23.1 Å². The average molecular weight is 275 g/mol. The molecule has 0 fully saturated rings. The molecule has 0 atom stereocenters. The van der Waals surface area contributed by atoms with Crippen LogP contribution in [-0.4, -0.2) is 25.8 Å². The second kappa shape index (κ2) is 5.83. The third kappa shape index (κ3) is 2.99. The molecule has 0 aliphatic rings. The quantitative estimate of drug-likeness (QED) is 0.615. The van der Waals surface area contributed by atoms with Gasteiger partial charge in [0.05, 0.1) is 17.7 Å². The lowest BCUT2D eigenvalue weighted by molar-refractivity contribution is 0.479. The van der Waals surface area contributed by atoms with Gasteiger partial charge >= 0.3 is 0 Å². The highest BCUT2D eigenvalue weighted by atomic mass is 32.2. The highest BCUT2D eigenvalue weighted by Gasteiger charge is 2.26. The third-order valence-electron chi connectivity index (χ3n) is 2.24. The Labute approximate surface area is 110 Å². The van der Waals surface area contributed by atoms with Crippen molar-refractivity contribution in [3.05, 3.63) is 23.8 Å². The summed E-state index contributed by atoms with van der Waals surface area (Å²) in [6, 6.07) is 8.81. The number of sulfonamides is 1. The summed E-state index contributed by atoms with van der Waals surface area (Å²) in [5, 5.41) is 26.1. The van der Waals surface area contributed by atoms with Gasteiger partial charge in [0.2, 0.25) is 10.0 Å². The molecule has 0 amide bonds. The van der Waals surface area contributed by atoms with Gasteiger partial charge in [-0.25, -0.2) is 8.42 Å². The number of hydrogen-bond acceptors (Lipinski definition) is 6. The van der Waals surface area contributed by atoms with Gasteiger partial charge in [0.1, 0.15) is 24.1 Å². The van der Waals surface area contributed by atoms with Gasteiger partial charge in [-0.3, -0.25) is 0 Å². The topological polar surface area (TPSA) is 135 Å². The van der Waals surface area contributed by atoms with E-state index in [0.717, 1.165) is 0 Å². The molecule has 0 bridgehead atoms. The Morgan fingerprint density at radius 3 is 2.21 bits per heavy atom. The smallest absolute Gasteiger partial charge is 0.246 e. The molecule has 7 nitrogen and oxygen atoms in total. The minimum atomic E-state index is -4.07. The van der Waals surface area contributed by atoms with Crippen molar-refractivity contribution in [2.75, 3.05) is 18.8 Å². The molecule has 0 aliphatic heterocycles. The minimum Gasteiger partial charge on any atom is -0.399 e. The molecule has 0 aliphatic carbocycles. The molecule has 0 unspecified atom stereocenters. The maximum absolute atomic E-state index is 12.2. The summed E-state index contributed by atoms with van der Waals surface area (Å²) in [7, 11) is -4.07. The normalized spacial score (nSPS) is 10.4. The summed E-state index contributed by atoms with van der Waals surface area (Å²) >= 11 is 0. The zero-order valence-electron chi connectivity index (χ0n) is 9.74. The van der Waals surface area contributed by atoms with Crippen molar-refractivity contribution in [2.45, 2.75) is 4.90 Å². The molecule has 0 saturated heterocycles. The Hall–Kier alpha value is -2.60. The van der Waals surface area contributed by atoms with Crippen LogP contribution < -0.4 is 5.73 Å². The van der Waals surface area contributed by atoms with Gasteiger partial charge < -0.3 is 5.73 Å². The molecule has 2 N–H and O–H groups in total. The SMILES string of the molecule is N#CCN(CC#N)S(=O)(=O)c1ccc(N)cc1C#N. The molecule has 0 aromatic heterocycles. The van der Waals surface area contributed by atoms with Crippen LogP contribution in [0.1, 0.15) is 5.56 Å². The summed E-state index contributed by atoms with van der Waals surface area (Å²) in [5.74, 6) is 0. The lowest BCUT2D eigenvalue weighted by Crippen LogP contribution is -2.32. The van der Waals surface area contributed by atoms with E-state index in [-0.39, 0.29) is 16.1 Å². The van der Waals surface area contributed by atoms with E-state index in [1.807, 2.05) is 0 Å². The molecule has 0 heterocycles. The third-order valence-corrected chi connectivity index (χ3v) is 4.09. The van der Waals surface area contributed by atoms with Gasteiger partial charge in [-0.1, -0.05) is 0 Å². The molecule has 1 rings (SSSR count). The zero-order chi connectivity index (χ0) is 14.5. The number of nitrogens with two attached hydrogens (primary N) is 1. The zero-order valence-corrected chi connectivity index (χ0v) is 10.6. The largest absolute Gasteiger partial charge is 0.399 e. The highest BCUT2D eigenvalue weighted by Crippen LogP contribution is 2.21. The van der Waals surface area contributed by atoms with Crippen molar-refractivity contribution in [2.24, 2.45) is 0 Å². The van der Waals surface area contributed by atoms with Gasteiger partial charge in [0, 0.05) is 5.69 Å². The van der Waals surface area contributed by atoms with Crippen LogP contribution in [0.15, 0.2) is 23.1 Å². The van der Waals surface area contributed by atoms with Crippen molar-refractivity contribution in [3.8, 4) is 18.2 Å². The van der Waals surface area contributed by atoms with Gasteiger partial charge in [0.15, 0.2) is 0 Å². The van der Waals surface area contributed by atoms with Crippen LogP contribution in [-0.2, 0) is 10.0 Å². The number of benzene rings is 1. The molecule has 96 valence electrons. The van der Waals surface area contributed by atoms with Crippen LogP contribution in [0.25, 0.3) is 0 Å². The molecule has 1 aromatic carbocycles. The summed E-state index contributed by atoms with van der Waals surface area (Å²) in [6.07, 6.45) is 0. The van der Waals surface area contributed by atoms with Gasteiger partial charge in [0.25, 0.3) is 0 Å². The summed E-state index contributed by atoms with van der Waals surface area (Å²) in [5.41, 5.74) is 5.60. The fraction of sp³-hybridized carbons (Fsp3) is 0.182. The number of hydrogen-bond donors (Lipinski definition) is 1. The standard InChI is InChI=1S/C11H9N5O2S/c12-3-5-16(6-4-13)19(17,18)11-2-1-10(15)7-9(11)8-14/h1-2,7H,5-6,15H2. The number of nitrogen functional groups attached to an aromatic ring is 1. The first-order chi connectivity index (χ1) is 8.97. The van der Waals surface area contributed by atoms with Crippen molar-refractivity contribution < 1.29 is 8.42 Å². The first-order valence-electron chi connectivity index (χ1n) is 5.01. The molecular formula is C11H9N5O2S. The minimum absolute atomic E-state index is 0.124. The lowest BCUT2D eigenvalue weighted by Gasteiger charge is -2.16. The molecule has 0 spiro atoms. The van der Waals surface area contributed by atoms with Crippen LogP contribution in [0.3, 0.4) is 0 Å². The monoisotopic (exact) mass is 275 g/mol. The Kier molecular flexibility index (Phi) is 4.44. The molecule has 0 saturated carbocycles. The van der Waals surface area contributed by atoms with Crippen molar-refractivity contribution in [3.63, 3.8) is 0 Å². The van der Waals surface area contributed by atoms with E-state index in [1.54, 1.807) is 18.2 Å². The van der Waals surface area contributed by atoms with E-state index in [1.165, 1.54) is 18.2 Å². The predicted molar refractivity (Wildman–Crippen MR) is 65.6 cm³/mol. The first-order valence-corrected chi connectivity index (χ1v) is 6.45. The molecule has 1 aromatic rings. The summed E-state index contributed by atoms with van der Waals surface area (Å²) in [6.45, 7) is -0.934. The molecule has 19 heavy (non-hydrogen) atoms. The van der Waals surface area contributed by atoms with E-state index in [0.29, 0.717) is 4.31 Å². The maximum atomic E-state index is 12.2. The Morgan fingerprint density at radius 1 is 1.16 bits per heavy atom. The number of rotatable bonds is 4. The van der Waals surface area contributed by atoms with Crippen LogP contribution in [0, 0.1) is 34.0 Å². The average Bonchev–Trinajstić information content (AvgIpc) is 2.38. The van der Waals surface area contributed by atoms with Crippen molar-refractivity contribution in [1.82, 2.24) is 4.31 Å². The summed E-state index contributed by atoms with van der Waals surface area (Å²) < 4.78 is 25.2.